The van der Waals surface area contributed by atoms with E-state index in [-0.39, 0.29) is 11.3 Å². The van der Waals surface area contributed by atoms with Crippen LogP contribution in [0.15, 0.2) is 30.3 Å². The predicted molar refractivity (Wildman–Crippen MR) is 80.0 cm³/mol. The summed E-state index contributed by atoms with van der Waals surface area (Å²) in [4.78, 5) is 13.9. The Morgan fingerprint density at radius 3 is 2.60 bits per heavy atom. The molecule has 0 aliphatic carbocycles. The smallest absolute Gasteiger partial charge is 0.229 e. The van der Waals surface area contributed by atoms with Crippen molar-refractivity contribution in [2.75, 3.05) is 11.4 Å². The van der Waals surface area contributed by atoms with Crippen molar-refractivity contribution in [2.45, 2.75) is 18.7 Å². The Kier molecular flexibility index (Phi) is 3.26. The van der Waals surface area contributed by atoms with Crippen LogP contribution in [-0.2, 0) is 11.8 Å². The summed E-state index contributed by atoms with van der Waals surface area (Å²) in [7, 11) is 1.86. The molecular weight excluding hydrogens is 274 g/mol. The molecule has 5 heteroatoms. The molecule has 1 amide bonds. The molecule has 1 aromatic heterocycles. The topological polar surface area (TPSA) is 38.1 Å². The number of halogens is 1. The highest BCUT2D eigenvalue weighted by molar-refractivity contribution is 6.24. The van der Waals surface area contributed by atoms with E-state index in [4.69, 9.17) is 11.6 Å². The minimum absolute atomic E-state index is 0.0604. The second kappa shape index (κ2) is 4.94. The highest BCUT2D eigenvalue weighted by Gasteiger charge is 2.33. The summed E-state index contributed by atoms with van der Waals surface area (Å²) >= 11 is 6.12. The van der Waals surface area contributed by atoms with E-state index in [1.54, 1.807) is 9.58 Å². The first-order chi connectivity index (χ1) is 9.58. The fraction of sp³-hybridized carbons (Fsp3) is 0.333. The molecule has 2 heterocycles. The lowest BCUT2D eigenvalue weighted by molar-refractivity contribution is -0.117. The number of anilines is 1. The second-order valence-electron chi connectivity index (χ2n) is 5.08. The zero-order valence-corrected chi connectivity index (χ0v) is 12.3. The molecule has 1 aliphatic heterocycles. The largest absolute Gasteiger partial charge is 0.295 e. The van der Waals surface area contributed by atoms with E-state index < -0.39 is 0 Å². The first kappa shape index (κ1) is 13.2. The van der Waals surface area contributed by atoms with Gasteiger partial charge in [0.05, 0.1) is 11.1 Å². The molecule has 0 saturated carbocycles. The minimum Gasteiger partial charge on any atom is -0.295 e. The molecule has 4 nitrogen and oxygen atoms in total. The monoisotopic (exact) mass is 289 g/mol. The molecule has 1 saturated heterocycles. The maximum absolute atomic E-state index is 12.1. The van der Waals surface area contributed by atoms with E-state index in [1.807, 2.05) is 44.3 Å². The SMILES string of the molecule is Cc1nn(C)c(N2CC(Cl)CC2=O)c1-c1ccccc1. The number of nitrogens with zero attached hydrogens (tertiary/aromatic N) is 3. The Balaban J connectivity index is 2.14. The van der Waals surface area contributed by atoms with Gasteiger partial charge < -0.3 is 0 Å². The molecule has 2 aromatic rings. The average Bonchev–Trinajstić information content (AvgIpc) is 2.89. The minimum atomic E-state index is -0.124. The van der Waals surface area contributed by atoms with Gasteiger partial charge in [0.2, 0.25) is 5.91 Å². The molecule has 0 bridgehead atoms. The lowest BCUT2D eigenvalue weighted by Gasteiger charge is -2.18. The van der Waals surface area contributed by atoms with Gasteiger partial charge in [-0.15, -0.1) is 11.6 Å². The third kappa shape index (κ3) is 2.10. The zero-order chi connectivity index (χ0) is 14.3. The van der Waals surface area contributed by atoms with Crippen LogP contribution >= 0.6 is 11.6 Å². The Hall–Kier alpha value is -1.81. The fourth-order valence-electron chi connectivity index (χ4n) is 2.77. The Bertz CT molecular complexity index is 651. The summed E-state index contributed by atoms with van der Waals surface area (Å²) < 4.78 is 1.77. The van der Waals surface area contributed by atoms with Crippen LogP contribution in [0.5, 0.6) is 0 Å². The molecule has 104 valence electrons. The van der Waals surface area contributed by atoms with Gasteiger partial charge in [-0.2, -0.15) is 5.10 Å². The van der Waals surface area contributed by atoms with Crippen LogP contribution in [0, 0.1) is 6.92 Å². The predicted octanol–water partition coefficient (Wildman–Crippen LogP) is 2.74. The average molecular weight is 290 g/mol. The van der Waals surface area contributed by atoms with Crippen molar-refractivity contribution in [1.82, 2.24) is 9.78 Å². The molecule has 1 unspecified atom stereocenters. The third-order valence-corrected chi connectivity index (χ3v) is 3.88. The Morgan fingerprint density at radius 1 is 1.30 bits per heavy atom. The summed E-state index contributed by atoms with van der Waals surface area (Å²) in [5.74, 6) is 0.895. The van der Waals surface area contributed by atoms with Crippen molar-refractivity contribution < 1.29 is 4.79 Å². The molecule has 1 fully saturated rings. The lowest BCUT2D eigenvalue weighted by Crippen LogP contribution is -2.27. The molecular formula is C15H16ClN3O. The molecule has 1 atom stereocenters. The summed E-state index contributed by atoms with van der Waals surface area (Å²) in [6, 6.07) is 10.0. The number of rotatable bonds is 2. The molecule has 1 aliphatic rings. The van der Waals surface area contributed by atoms with Crippen LogP contribution in [0.2, 0.25) is 0 Å². The van der Waals surface area contributed by atoms with Gasteiger partial charge in [0.25, 0.3) is 0 Å². The van der Waals surface area contributed by atoms with Crippen LogP contribution < -0.4 is 4.90 Å². The third-order valence-electron chi connectivity index (χ3n) is 3.59. The first-order valence-electron chi connectivity index (χ1n) is 6.61. The summed E-state index contributed by atoms with van der Waals surface area (Å²) in [6.45, 7) is 2.50. The van der Waals surface area contributed by atoms with Crippen molar-refractivity contribution in [1.29, 1.82) is 0 Å². The summed E-state index contributed by atoms with van der Waals surface area (Å²) in [6.07, 6.45) is 0.389. The standard InChI is InChI=1S/C15H16ClN3O/c1-10-14(11-6-4-3-5-7-11)15(18(2)17-10)19-9-12(16)8-13(19)20/h3-7,12H,8-9H2,1-2H3. The van der Waals surface area contributed by atoms with Crippen molar-refractivity contribution >= 4 is 23.3 Å². The van der Waals surface area contributed by atoms with E-state index in [9.17, 15) is 4.79 Å². The van der Waals surface area contributed by atoms with E-state index in [0.717, 1.165) is 22.6 Å². The van der Waals surface area contributed by atoms with Gasteiger partial charge in [-0.25, -0.2) is 0 Å². The second-order valence-corrected chi connectivity index (χ2v) is 5.70. The zero-order valence-electron chi connectivity index (χ0n) is 11.5. The van der Waals surface area contributed by atoms with Crippen LogP contribution in [0.25, 0.3) is 11.1 Å². The normalized spacial score (nSPS) is 18.9. The van der Waals surface area contributed by atoms with Gasteiger partial charge in [-0.05, 0) is 12.5 Å². The highest BCUT2D eigenvalue weighted by Crippen LogP contribution is 2.36. The van der Waals surface area contributed by atoms with Gasteiger partial charge >= 0.3 is 0 Å². The summed E-state index contributed by atoms with van der Waals surface area (Å²) in [5, 5.41) is 4.35. The fourth-order valence-corrected chi connectivity index (χ4v) is 3.04. The lowest BCUT2D eigenvalue weighted by atomic mass is 10.1. The molecule has 20 heavy (non-hydrogen) atoms. The van der Waals surface area contributed by atoms with E-state index >= 15 is 0 Å². The van der Waals surface area contributed by atoms with Gasteiger partial charge in [-0.1, -0.05) is 30.3 Å². The maximum Gasteiger partial charge on any atom is 0.229 e. The van der Waals surface area contributed by atoms with Gasteiger partial charge in [0.1, 0.15) is 5.82 Å². The molecule has 0 N–H and O–H groups in total. The van der Waals surface area contributed by atoms with Crippen LogP contribution in [-0.4, -0.2) is 27.6 Å². The number of aryl methyl sites for hydroxylation is 2. The maximum atomic E-state index is 12.1. The molecule has 0 spiro atoms. The number of carbonyl (C=O) groups excluding carboxylic acids is 1. The van der Waals surface area contributed by atoms with Crippen molar-refractivity contribution in [2.24, 2.45) is 7.05 Å². The molecule has 3 rings (SSSR count). The van der Waals surface area contributed by atoms with Gasteiger partial charge in [0.15, 0.2) is 0 Å². The Labute approximate surface area is 123 Å². The van der Waals surface area contributed by atoms with E-state index in [0.29, 0.717) is 13.0 Å². The number of hydrogen-bond acceptors (Lipinski definition) is 2. The number of aromatic nitrogens is 2. The van der Waals surface area contributed by atoms with E-state index in [2.05, 4.69) is 5.10 Å². The van der Waals surface area contributed by atoms with Crippen LogP contribution in [0.1, 0.15) is 12.1 Å². The molecule has 1 aromatic carbocycles. The van der Waals surface area contributed by atoms with Gasteiger partial charge in [-0.3, -0.25) is 14.4 Å². The van der Waals surface area contributed by atoms with E-state index in [1.165, 1.54) is 0 Å². The first-order valence-corrected chi connectivity index (χ1v) is 7.05. The summed E-state index contributed by atoms with van der Waals surface area (Å²) in [5.41, 5.74) is 2.99. The van der Waals surface area contributed by atoms with Crippen LogP contribution in [0.4, 0.5) is 5.82 Å². The van der Waals surface area contributed by atoms with Crippen molar-refractivity contribution in [3.63, 3.8) is 0 Å². The Morgan fingerprint density at radius 2 is 2.00 bits per heavy atom. The number of hydrogen-bond donors (Lipinski definition) is 0. The number of amides is 1. The van der Waals surface area contributed by atoms with Gasteiger partial charge in [0, 0.05) is 25.6 Å². The number of carbonyl (C=O) groups is 1. The number of benzene rings is 1. The molecule has 0 radical (unpaired) electrons. The van der Waals surface area contributed by atoms with Crippen LogP contribution in [0.3, 0.4) is 0 Å². The quantitative estimate of drug-likeness (QED) is 0.797. The van der Waals surface area contributed by atoms with Crippen molar-refractivity contribution in [3.8, 4) is 11.1 Å². The van der Waals surface area contributed by atoms with Crippen molar-refractivity contribution in [3.05, 3.63) is 36.0 Å². The highest BCUT2D eigenvalue weighted by atomic mass is 35.5. The number of alkyl halides is 1.